The first-order valence-electron chi connectivity index (χ1n) is 6.80. The molecule has 1 heterocycles. The Morgan fingerprint density at radius 3 is 2.89 bits per heavy atom. The summed E-state index contributed by atoms with van der Waals surface area (Å²) < 4.78 is 10.8. The summed E-state index contributed by atoms with van der Waals surface area (Å²) in [6.45, 7) is 3.56. The number of aromatic nitrogens is 1. The van der Waals surface area contributed by atoms with Gasteiger partial charge in [-0.15, -0.1) is 0 Å². The zero-order chi connectivity index (χ0) is 13.7. The average molecular weight is 263 g/mol. The van der Waals surface area contributed by atoms with Gasteiger partial charge in [0.25, 0.3) is 0 Å². The van der Waals surface area contributed by atoms with Gasteiger partial charge in [-0.3, -0.25) is 5.41 Å². The van der Waals surface area contributed by atoms with Crippen molar-refractivity contribution in [3.05, 3.63) is 22.9 Å². The molecule has 0 aliphatic heterocycles. The van der Waals surface area contributed by atoms with Crippen LogP contribution < -0.4 is 10.5 Å². The van der Waals surface area contributed by atoms with Crippen LogP contribution in [0.3, 0.4) is 0 Å². The molecule has 0 saturated heterocycles. The predicted octanol–water partition coefficient (Wildman–Crippen LogP) is 1.66. The number of nitrogens with two attached hydrogens (primary N) is 1. The molecule has 0 unspecified atom stereocenters. The van der Waals surface area contributed by atoms with Gasteiger partial charge in [-0.1, -0.05) is 0 Å². The highest BCUT2D eigenvalue weighted by molar-refractivity contribution is 5.97. The molecule has 0 radical (unpaired) electrons. The molecule has 0 fully saturated rings. The van der Waals surface area contributed by atoms with Crippen molar-refractivity contribution in [3.63, 3.8) is 0 Å². The quantitative estimate of drug-likeness (QED) is 0.464. The number of rotatable bonds is 6. The Hall–Kier alpha value is -1.62. The molecule has 0 bridgehead atoms. The molecule has 104 valence electrons. The average Bonchev–Trinajstić information content (AvgIpc) is 2.42. The van der Waals surface area contributed by atoms with Crippen LogP contribution in [0.4, 0.5) is 0 Å². The standard InChI is InChI=1S/C14H21N3O2/c1-2-18-7-8-19-14-11(13(15)16)9-10-5-3-4-6-12(10)17-14/h9H,2-8H2,1H3,(H3,15,16). The van der Waals surface area contributed by atoms with Gasteiger partial charge in [0, 0.05) is 12.3 Å². The molecule has 1 aromatic heterocycles. The third-order valence-corrected chi connectivity index (χ3v) is 3.23. The minimum absolute atomic E-state index is 0.00674. The van der Waals surface area contributed by atoms with E-state index in [0.717, 1.165) is 25.0 Å². The molecule has 0 amide bonds. The maximum atomic E-state index is 7.64. The zero-order valence-electron chi connectivity index (χ0n) is 11.4. The highest BCUT2D eigenvalue weighted by atomic mass is 16.5. The molecule has 2 rings (SSSR count). The Balaban J connectivity index is 2.17. The molecule has 1 aliphatic carbocycles. The van der Waals surface area contributed by atoms with Gasteiger partial charge in [0.05, 0.1) is 12.2 Å². The fourth-order valence-electron chi connectivity index (χ4n) is 2.26. The highest BCUT2D eigenvalue weighted by Gasteiger charge is 2.17. The zero-order valence-corrected chi connectivity index (χ0v) is 11.4. The van der Waals surface area contributed by atoms with E-state index in [0.29, 0.717) is 31.3 Å². The molecule has 5 nitrogen and oxygen atoms in total. The topological polar surface area (TPSA) is 81.2 Å². The number of pyridine rings is 1. The summed E-state index contributed by atoms with van der Waals surface area (Å²) in [6.07, 6.45) is 4.34. The molecule has 5 heteroatoms. The van der Waals surface area contributed by atoms with E-state index in [2.05, 4.69) is 4.98 Å². The molecule has 0 aromatic carbocycles. The van der Waals surface area contributed by atoms with E-state index in [1.165, 1.54) is 12.0 Å². The van der Waals surface area contributed by atoms with Crippen LogP contribution in [0, 0.1) is 5.41 Å². The van der Waals surface area contributed by atoms with E-state index in [9.17, 15) is 0 Å². The van der Waals surface area contributed by atoms with Crippen LogP contribution in [0.15, 0.2) is 6.07 Å². The molecular weight excluding hydrogens is 242 g/mol. The number of aryl methyl sites for hydroxylation is 2. The van der Waals surface area contributed by atoms with Gasteiger partial charge in [0.2, 0.25) is 5.88 Å². The molecule has 1 aromatic rings. The van der Waals surface area contributed by atoms with Gasteiger partial charge in [0.15, 0.2) is 0 Å². The minimum Gasteiger partial charge on any atom is -0.475 e. The van der Waals surface area contributed by atoms with Crippen molar-refractivity contribution in [2.45, 2.75) is 32.6 Å². The lowest BCUT2D eigenvalue weighted by Crippen LogP contribution is -2.18. The highest BCUT2D eigenvalue weighted by Crippen LogP contribution is 2.25. The Kier molecular flexibility index (Phi) is 4.74. The Labute approximate surface area is 113 Å². The first-order valence-corrected chi connectivity index (χ1v) is 6.80. The number of fused-ring (bicyclic) bond motifs is 1. The SMILES string of the molecule is CCOCCOc1nc2c(cc1C(=N)N)CCCC2. The minimum atomic E-state index is 0.00674. The fourth-order valence-corrected chi connectivity index (χ4v) is 2.26. The van der Waals surface area contributed by atoms with Crippen LogP contribution in [0.25, 0.3) is 0 Å². The number of nitrogen functional groups attached to an aromatic ring is 1. The first kappa shape index (κ1) is 13.8. The summed E-state index contributed by atoms with van der Waals surface area (Å²) >= 11 is 0. The largest absolute Gasteiger partial charge is 0.475 e. The van der Waals surface area contributed by atoms with E-state index in [1.54, 1.807) is 0 Å². The van der Waals surface area contributed by atoms with Gasteiger partial charge < -0.3 is 15.2 Å². The lowest BCUT2D eigenvalue weighted by atomic mass is 9.95. The molecule has 0 atom stereocenters. The number of hydrogen-bond donors (Lipinski definition) is 2. The lowest BCUT2D eigenvalue weighted by molar-refractivity contribution is 0.108. The van der Waals surface area contributed by atoms with Gasteiger partial charge in [-0.05, 0) is 44.2 Å². The Morgan fingerprint density at radius 1 is 1.37 bits per heavy atom. The summed E-state index contributed by atoms with van der Waals surface area (Å²) in [4.78, 5) is 4.53. The number of nitrogens with one attached hydrogen (secondary N) is 1. The molecule has 0 spiro atoms. The number of hydrogen-bond acceptors (Lipinski definition) is 4. The monoisotopic (exact) mass is 263 g/mol. The second-order valence-corrected chi connectivity index (χ2v) is 4.61. The van der Waals surface area contributed by atoms with Gasteiger partial charge >= 0.3 is 0 Å². The maximum Gasteiger partial charge on any atom is 0.224 e. The molecule has 19 heavy (non-hydrogen) atoms. The Morgan fingerprint density at radius 2 is 2.16 bits per heavy atom. The van der Waals surface area contributed by atoms with Crippen LogP contribution >= 0.6 is 0 Å². The van der Waals surface area contributed by atoms with E-state index in [1.807, 2.05) is 13.0 Å². The van der Waals surface area contributed by atoms with Crippen LogP contribution in [-0.2, 0) is 17.6 Å². The van der Waals surface area contributed by atoms with Crippen molar-refractivity contribution in [2.75, 3.05) is 19.8 Å². The lowest BCUT2D eigenvalue weighted by Gasteiger charge is -2.18. The molecule has 1 aliphatic rings. The first-order chi connectivity index (χ1) is 9.22. The third-order valence-electron chi connectivity index (χ3n) is 3.23. The van der Waals surface area contributed by atoms with E-state index in [4.69, 9.17) is 20.6 Å². The fraction of sp³-hybridized carbons (Fsp3) is 0.571. The van der Waals surface area contributed by atoms with Crippen molar-refractivity contribution >= 4 is 5.84 Å². The Bertz CT molecular complexity index is 460. The van der Waals surface area contributed by atoms with Crippen LogP contribution in [0.2, 0.25) is 0 Å². The van der Waals surface area contributed by atoms with Crippen molar-refractivity contribution < 1.29 is 9.47 Å². The van der Waals surface area contributed by atoms with Gasteiger partial charge in [-0.2, -0.15) is 0 Å². The number of nitrogens with zero attached hydrogens (tertiary/aromatic N) is 1. The second-order valence-electron chi connectivity index (χ2n) is 4.61. The molecular formula is C14H21N3O2. The third kappa shape index (κ3) is 3.44. The number of amidine groups is 1. The van der Waals surface area contributed by atoms with Gasteiger partial charge in [-0.25, -0.2) is 4.98 Å². The van der Waals surface area contributed by atoms with Crippen LogP contribution in [0.1, 0.15) is 36.6 Å². The van der Waals surface area contributed by atoms with Crippen LogP contribution in [0.5, 0.6) is 5.88 Å². The van der Waals surface area contributed by atoms with E-state index < -0.39 is 0 Å². The summed E-state index contributed by atoms with van der Waals surface area (Å²) in [6, 6.07) is 1.96. The molecule has 0 saturated carbocycles. The summed E-state index contributed by atoms with van der Waals surface area (Å²) in [7, 11) is 0. The molecule has 3 N–H and O–H groups in total. The van der Waals surface area contributed by atoms with Crippen molar-refractivity contribution in [1.29, 1.82) is 5.41 Å². The van der Waals surface area contributed by atoms with E-state index >= 15 is 0 Å². The second kappa shape index (κ2) is 6.52. The maximum absolute atomic E-state index is 7.64. The predicted molar refractivity (Wildman–Crippen MR) is 73.9 cm³/mol. The van der Waals surface area contributed by atoms with Crippen molar-refractivity contribution in [1.82, 2.24) is 4.98 Å². The van der Waals surface area contributed by atoms with Crippen molar-refractivity contribution in [2.24, 2.45) is 5.73 Å². The van der Waals surface area contributed by atoms with Gasteiger partial charge in [0.1, 0.15) is 12.4 Å². The summed E-state index contributed by atoms with van der Waals surface area (Å²) in [5.74, 6) is 0.472. The van der Waals surface area contributed by atoms with Crippen LogP contribution in [-0.4, -0.2) is 30.6 Å². The summed E-state index contributed by atoms with van der Waals surface area (Å²) in [5, 5.41) is 7.64. The normalized spacial score (nSPS) is 13.9. The number of ether oxygens (including phenoxy) is 2. The smallest absolute Gasteiger partial charge is 0.224 e. The summed E-state index contributed by atoms with van der Waals surface area (Å²) in [5.41, 5.74) is 8.49. The van der Waals surface area contributed by atoms with Crippen molar-refractivity contribution in [3.8, 4) is 5.88 Å². The van der Waals surface area contributed by atoms with E-state index in [-0.39, 0.29) is 5.84 Å².